The van der Waals surface area contributed by atoms with Gasteiger partial charge < -0.3 is 5.73 Å². The fourth-order valence-electron chi connectivity index (χ4n) is 1.78. The third-order valence-corrected chi connectivity index (χ3v) is 4.87. The second-order valence-corrected chi connectivity index (χ2v) is 6.63. The third-order valence-electron chi connectivity index (χ3n) is 3.05. The topological polar surface area (TPSA) is 63.4 Å². The quantitative estimate of drug-likeness (QED) is 0.858. The predicted octanol–water partition coefficient (Wildman–Crippen LogP) is 1.18. The molecule has 1 aromatic carbocycles. The average Bonchev–Trinajstić information content (AvgIpc) is 3.13. The SMILES string of the molecule is CN(CC1CC1)S(=O)(=O)c1cccc(CN)c1. The summed E-state index contributed by atoms with van der Waals surface area (Å²) in [5.74, 6) is 0.549. The van der Waals surface area contributed by atoms with E-state index in [-0.39, 0.29) is 0 Å². The summed E-state index contributed by atoms with van der Waals surface area (Å²) < 4.78 is 25.9. The van der Waals surface area contributed by atoms with Crippen LogP contribution >= 0.6 is 0 Å². The normalized spacial score (nSPS) is 16.4. The number of hydrogen-bond acceptors (Lipinski definition) is 3. The van der Waals surface area contributed by atoms with Crippen LogP contribution in [0.2, 0.25) is 0 Å². The van der Waals surface area contributed by atoms with Crippen molar-refractivity contribution in [2.45, 2.75) is 24.3 Å². The van der Waals surface area contributed by atoms with Gasteiger partial charge in [-0.2, -0.15) is 0 Å². The van der Waals surface area contributed by atoms with E-state index in [1.54, 1.807) is 25.2 Å². The van der Waals surface area contributed by atoms with Crippen molar-refractivity contribution in [1.29, 1.82) is 0 Å². The van der Waals surface area contributed by atoms with E-state index < -0.39 is 10.0 Å². The van der Waals surface area contributed by atoms with Gasteiger partial charge >= 0.3 is 0 Å². The lowest BCUT2D eigenvalue weighted by Gasteiger charge is -2.17. The molecule has 0 radical (unpaired) electrons. The summed E-state index contributed by atoms with van der Waals surface area (Å²) in [4.78, 5) is 0.337. The van der Waals surface area contributed by atoms with Gasteiger partial charge in [0.1, 0.15) is 0 Å². The molecule has 0 spiro atoms. The molecule has 0 heterocycles. The van der Waals surface area contributed by atoms with Gasteiger partial charge in [-0.05, 0) is 36.5 Å². The van der Waals surface area contributed by atoms with Crippen molar-refractivity contribution in [3.05, 3.63) is 29.8 Å². The monoisotopic (exact) mass is 254 g/mol. The maximum atomic E-state index is 12.2. The predicted molar refractivity (Wildman–Crippen MR) is 66.9 cm³/mol. The van der Waals surface area contributed by atoms with Crippen molar-refractivity contribution in [3.8, 4) is 0 Å². The first kappa shape index (κ1) is 12.5. The highest BCUT2D eigenvalue weighted by Crippen LogP contribution is 2.31. The van der Waals surface area contributed by atoms with Gasteiger partial charge in [-0.3, -0.25) is 0 Å². The number of benzene rings is 1. The molecule has 94 valence electrons. The van der Waals surface area contributed by atoms with Crippen molar-refractivity contribution in [2.24, 2.45) is 11.7 Å². The summed E-state index contributed by atoms with van der Waals surface area (Å²) in [6.07, 6.45) is 2.28. The van der Waals surface area contributed by atoms with E-state index in [1.807, 2.05) is 6.07 Å². The zero-order chi connectivity index (χ0) is 12.5. The fraction of sp³-hybridized carbons (Fsp3) is 0.500. The van der Waals surface area contributed by atoms with Crippen LogP contribution < -0.4 is 5.73 Å². The van der Waals surface area contributed by atoms with Gasteiger partial charge in [-0.1, -0.05) is 12.1 Å². The van der Waals surface area contributed by atoms with Gasteiger partial charge in [-0.15, -0.1) is 0 Å². The van der Waals surface area contributed by atoms with Gasteiger partial charge in [0.05, 0.1) is 4.90 Å². The molecule has 2 rings (SSSR count). The molecular formula is C12H18N2O2S. The Labute approximate surface area is 102 Å². The van der Waals surface area contributed by atoms with Crippen LogP contribution in [0.15, 0.2) is 29.2 Å². The number of hydrogen-bond donors (Lipinski definition) is 1. The van der Waals surface area contributed by atoms with E-state index >= 15 is 0 Å². The molecule has 0 atom stereocenters. The minimum atomic E-state index is -3.35. The van der Waals surface area contributed by atoms with Gasteiger partial charge in [0, 0.05) is 20.1 Å². The molecule has 0 aromatic heterocycles. The van der Waals surface area contributed by atoms with Crippen LogP contribution in [0.1, 0.15) is 18.4 Å². The standard InChI is InChI=1S/C12H18N2O2S/c1-14(9-10-5-6-10)17(15,16)12-4-2-3-11(7-12)8-13/h2-4,7,10H,5-6,8-9,13H2,1H3. The minimum absolute atomic E-state index is 0.337. The Hall–Kier alpha value is -0.910. The third kappa shape index (κ3) is 2.86. The molecule has 1 aliphatic rings. The zero-order valence-electron chi connectivity index (χ0n) is 9.96. The van der Waals surface area contributed by atoms with E-state index in [9.17, 15) is 8.42 Å². The maximum Gasteiger partial charge on any atom is 0.242 e. The van der Waals surface area contributed by atoms with Crippen molar-refractivity contribution < 1.29 is 8.42 Å². The first-order valence-electron chi connectivity index (χ1n) is 5.79. The van der Waals surface area contributed by atoms with Crippen LogP contribution in [0.5, 0.6) is 0 Å². The number of nitrogens with zero attached hydrogens (tertiary/aromatic N) is 1. The maximum absolute atomic E-state index is 12.2. The largest absolute Gasteiger partial charge is 0.326 e. The van der Waals surface area contributed by atoms with Crippen LogP contribution in [0.3, 0.4) is 0 Å². The molecule has 1 aliphatic carbocycles. The first-order chi connectivity index (χ1) is 8.04. The molecule has 1 fully saturated rings. The highest BCUT2D eigenvalue weighted by atomic mass is 32.2. The summed E-state index contributed by atoms with van der Waals surface area (Å²) in [6, 6.07) is 6.84. The fourth-order valence-corrected chi connectivity index (χ4v) is 3.09. The molecule has 0 amide bonds. The Morgan fingerprint density at radius 3 is 2.71 bits per heavy atom. The van der Waals surface area contributed by atoms with E-state index in [2.05, 4.69) is 0 Å². The number of sulfonamides is 1. The van der Waals surface area contributed by atoms with Crippen LogP contribution in [0, 0.1) is 5.92 Å². The van der Waals surface area contributed by atoms with E-state index in [4.69, 9.17) is 5.73 Å². The molecular weight excluding hydrogens is 236 g/mol. The molecule has 0 aliphatic heterocycles. The minimum Gasteiger partial charge on any atom is -0.326 e. The zero-order valence-corrected chi connectivity index (χ0v) is 10.8. The molecule has 1 aromatic rings. The highest BCUT2D eigenvalue weighted by Gasteiger charge is 2.29. The van der Waals surface area contributed by atoms with Crippen molar-refractivity contribution in [3.63, 3.8) is 0 Å². The lowest BCUT2D eigenvalue weighted by molar-refractivity contribution is 0.453. The summed E-state index contributed by atoms with van der Waals surface area (Å²) in [6.45, 7) is 0.977. The van der Waals surface area contributed by atoms with Crippen LogP contribution in [0.25, 0.3) is 0 Å². The number of rotatable bonds is 5. The highest BCUT2D eigenvalue weighted by molar-refractivity contribution is 7.89. The second-order valence-electron chi connectivity index (χ2n) is 4.58. The smallest absolute Gasteiger partial charge is 0.242 e. The van der Waals surface area contributed by atoms with Crippen molar-refractivity contribution in [1.82, 2.24) is 4.31 Å². The van der Waals surface area contributed by atoms with Gasteiger partial charge in [0.2, 0.25) is 10.0 Å². The Kier molecular flexibility index (Phi) is 3.51. The van der Waals surface area contributed by atoms with Gasteiger partial charge in [-0.25, -0.2) is 12.7 Å². The summed E-state index contributed by atoms with van der Waals surface area (Å²) in [5, 5.41) is 0. The molecule has 5 heteroatoms. The molecule has 0 bridgehead atoms. The number of nitrogens with two attached hydrogens (primary N) is 1. The molecule has 4 nitrogen and oxygen atoms in total. The summed E-state index contributed by atoms with van der Waals surface area (Å²) >= 11 is 0. The molecule has 0 saturated heterocycles. The molecule has 2 N–H and O–H groups in total. The molecule has 1 saturated carbocycles. The van der Waals surface area contributed by atoms with Crippen molar-refractivity contribution >= 4 is 10.0 Å². The Balaban J connectivity index is 2.22. The average molecular weight is 254 g/mol. The van der Waals surface area contributed by atoms with E-state index in [0.717, 1.165) is 18.4 Å². The van der Waals surface area contributed by atoms with Crippen LogP contribution in [-0.2, 0) is 16.6 Å². The van der Waals surface area contributed by atoms with Crippen LogP contribution in [0.4, 0.5) is 0 Å². The Morgan fingerprint density at radius 2 is 2.12 bits per heavy atom. The molecule has 0 unspecified atom stereocenters. The second kappa shape index (κ2) is 4.76. The van der Waals surface area contributed by atoms with E-state index in [1.165, 1.54) is 4.31 Å². The Bertz CT molecular complexity index is 495. The first-order valence-corrected chi connectivity index (χ1v) is 7.23. The van der Waals surface area contributed by atoms with Gasteiger partial charge in [0.25, 0.3) is 0 Å². The summed E-state index contributed by atoms with van der Waals surface area (Å²) in [5.41, 5.74) is 6.36. The van der Waals surface area contributed by atoms with Crippen molar-refractivity contribution in [2.75, 3.05) is 13.6 Å². The van der Waals surface area contributed by atoms with E-state index in [0.29, 0.717) is 23.9 Å². The molecule has 17 heavy (non-hydrogen) atoms. The van der Waals surface area contributed by atoms with Crippen LogP contribution in [-0.4, -0.2) is 26.3 Å². The lowest BCUT2D eigenvalue weighted by Crippen LogP contribution is -2.29. The lowest BCUT2D eigenvalue weighted by atomic mass is 10.2. The van der Waals surface area contributed by atoms with Gasteiger partial charge in [0.15, 0.2) is 0 Å². The Morgan fingerprint density at radius 1 is 1.41 bits per heavy atom. The summed E-state index contributed by atoms with van der Waals surface area (Å²) in [7, 11) is -1.71.